The Morgan fingerprint density at radius 1 is 1.33 bits per heavy atom. The number of nitrogens with zero attached hydrogens (tertiary/aromatic N) is 1. The Labute approximate surface area is 142 Å². The van der Waals surface area contributed by atoms with Crippen LogP contribution < -0.4 is 15.3 Å². The average Bonchev–Trinajstić information content (AvgIpc) is 2.84. The van der Waals surface area contributed by atoms with Gasteiger partial charge in [-0.2, -0.15) is 0 Å². The third kappa shape index (κ3) is 4.38. The summed E-state index contributed by atoms with van der Waals surface area (Å²) in [6.45, 7) is 8.78. The van der Waals surface area contributed by atoms with Gasteiger partial charge in [-0.3, -0.25) is 0 Å². The van der Waals surface area contributed by atoms with Crippen LogP contribution in [0.3, 0.4) is 0 Å². The number of benzene rings is 1. The van der Waals surface area contributed by atoms with E-state index in [2.05, 4.69) is 34.9 Å². The van der Waals surface area contributed by atoms with E-state index in [1.165, 1.54) is 7.11 Å². The van der Waals surface area contributed by atoms with Crippen molar-refractivity contribution in [3.8, 4) is 5.75 Å². The highest BCUT2D eigenvalue weighted by molar-refractivity contribution is 5.70. The van der Waals surface area contributed by atoms with Crippen molar-refractivity contribution in [1.82, 2.24) is 4.57 Å². The lowest BCUT2D eigenvalue weighted by atomic mass is 10.2. The van der Waals surface area contributed by atoms with E-state index in [1.54, 1.807) is 0 Å². The summed E-state index contributed by atoms with van der Waals surface area (Å²) < 4.78 is 12.2. The summed E-state index contributed by atoms with van der Waals surface area (Å²) >= 11 is 0. The molecule has 1 heterocycles. The molecule has 0 amide bonds. The average molecular weight is 325 g/mol. The molecular formula is C20H23NO3. The van der Waals surface area contributed by atoms with Crippen LogP contribution in [0.15, 0.2) is 42.5 Å². The first-order valence-electron chi connectivity index (χ1n) is 7.81. The van der Waals surface area contributed by atoms with E-state index in [0.29, 0.717) is 12.3 Å². The van der Waals surface area contributed by atoms with Crippen molar-refractivity contribution in [2.24, 2.45) is 0 Å². The van der Waals surface area contributed by atoms with Gasteiger partial charge >= 0.3 is 5.97 Å². The van der Waals surface area contributed by atoms with E-state index in [1.807, 2.05) is 43.3 Å². The van der Waals surface area contributed by atoms with Crippen LogP contribution in [0.25, 0.3) is 12.7 Å². The van der Waals surface area contributed by atoms with Gasteiger partial charge in [0.15, 0.2) is 6.61 Å². The molecule has 0 radical (unpaired) electrons. The Bertz CT molecular complexity index is 846. The molecule has 0 aliphatic carbocycles. The van der Waals surface area contributed by atoms with Crippen molar-refractivity contribution in [3.63, 3.8) is 0 Å². The highest BCUT2D eigenvalue weighted by Crippen LogP contribution is 2.14. The maximum atomic E-state index is 11.2. The first-order valence-corrected chi connectivity index (χ1v) is 7.81. The van der Waals surface area contributed by atoms with Crippen molar-refractivity contribution in [2.75, 3.05) is 13.7 Å². The predicted molar refractivity (Wildman–Crippen MR) is 96.3 cm³/mol. The zero-order valence-electron chi connectivity index (χ0n) is 14.4. The maximum absolute atomic E-state index is 11.2. The van der Waals surface area contributed by atoms with Crippen LogP contribution in [0.2, 0.25) is 0 Å². The number of ether oxygens (including phenoxy) is 2. The Kier molecular flexibility index (Phi) is 6.01. The van der Waals surface area contributed by atoms with Crippen LogP contribution in [0.4, 0.5) is 0 Å². The van der Waals surface area contributed by atoms with E-state index in [-0.39, 0.29) is 6.61 Å². The second-order valence-corrected chi connectivity index (χ2v) is 5.49. The van der Waals surface area contributed by atoms with E-state index in [0.717, 1.165) is 21.8 Å². The molecule has 2 aromatic rings. The second kappa shape index (κ2) is 8.20. The molecule has 0 aliphatic rings. The zero-order valence-corrected chi connectivity index (χ0v) is 14.4. The van der Waals surface area contributed by atoms with E-state index >= 15 is 0 Å². The lowest BCUT2D eigenvalue weighted by Gasteiger charge is -2.10. The summed E-state index contributed by atoms with van der Waals surface area (Å²) in [7, 11) is 1.34. The Morgan fingerprint density at radius 3 is 2.83 bits per heavy atom. The summed E-state index contributed by atoms with van der Waals surface area (Å²) in [5.74, 6) is 0.253. The molecular weight excluding hydrogens is 302 g/mol. The fraction of sp³-hybridized carbons (Fsp3) is 0.250. The highest BCUT2D eigenvalue weighted by atomic mass is 16.6. The first-order chi connectivity index (χ1) is 11.5. The molecule has 2 rings (SSSR count). The molecule has 0 spiro atoms. The largest absolute Gasteiger partial charge is 0.482 e. The van der Waals surface area contributed by atoms with E-state index < -0.39 is 5.97 Å². The van der Waals surface area contributed by atoms with Crippen molar-refractivity contribution >= 4 is 18.6 Å². The minimum absolute atomic E-state index is 0.0914. The van der Waals surface area contributed by atoms with Gasteiger partial charge in [0.1, 0.15) is 5.75 Å². The SMILES string of the molecule is C=c1cc(C)n(Cc2cccc(OCC(=O)OC)c2)/c1=C/C=C\C. The molecule has 4 nitrogen and oxygen atoms in total. The number of aryl methyl sites for hydroxylation is 1. The number of carbonyl (C=O) groups is 1. The van der Waals surface area contributed by atoms with Crippen LogP contribution in [0.1, 0.15) is 18.2 Å². The summed E-state index contributed by atoms with van der Waals surface area (Å²) in [4.78, 5) is 11.2. The van der Waals surface area contributed by atoms with Gasteiger partial charge in [0.05, 0.1) is 7.11 Å². The number of allylic oxidation sites excluding steroid dienone is 2. The van der Waals surface area contributed by atoms with Gasteiger partial charge in [-0.05, 0) is 48.9 Å². The number of esters is 1. The summed E-state index contributed by atoms with van der Waals surface area (Å²) in [6, 6.07) is 9.79. The molecule has 0 N–H and O–H groups in total. The zero-order chi connectivity index (χ0) is 17.5. The molecule has 0 bridgehead atoms. The molecule has 1 aromatic heterocycles. The standard InChI is InChI=1S/C20H23NO3/c1-5-6-10-19-15(2)11-16(3)21(19)13-17-8-7-9-18(12-17)24-14-20(22)23-4/h5-12H,2,13-14H2,1,3-4H3/b6-5-,19-10+. The second-order valence-electron chi connectivity index (χ2n) is 5.49. The Morgan fingerprint density at radius 2 is 2.12 bits per heavy atom. The normalized spacial score (nSPS) is 11.9. The van der Waals surface area contributed by atoms with Gasteiger partial charge in [-0.25, -0.2) is 4.79 Å². The van der Waals surface area contributed by atoms with Crippen LogP contribution in [-0.2, 0) is 16.1 Å². The molecule has 0 atom stereocenters. The minimum atomic E-state index is -0.397. The molecule has 126 valence electrons. The topological polar surface area (TPSA) is 40.5 Å². The molecule has 1 aromatic carbocycles. The molecule has 0 saturated heterocycles. The first kappa shape index (κ1) is 17.6. The molecule has 0 fully saturated rings. The van der Waals surface area contributed by atoms with Crippen molar-refractivity contribution in [3.05, 3.63) is 64.3 Å². The minimum Gasteiger partial charge on any atom is -0.482 e. The van der Waals surface area contributed by atoms with Gasteiger partial charge in [0, 0.05) is 17.6 Å². The Balaban J connectivity index is 2.26. The van der Waals surface area contributed by atoms with Crippen molar-refractivity contribution in [2.45, 2.75) is 20.4 Å². The van der Waals surface area contributed by atoms with Gasteiger partial charge in [0.2, 0.25) is 0 Å². The van der Waals surface area contributed by atoms with Crippen LogP contribution in [-0.4, -0.2) is 24.3 Å². The summed E-state index contributed by atoms with van der Waals surface area (Å²) in [6.07, 6.45) is 6.07. The molecule has 0 saturated carbocycles. The highest BCUT2D eigenvalue weighted by Gasteiger charge is 2.05. The smallest absolute Gasteiger partial charge is 0.343 e. The van der Waals surface area contributed by atoms with E-state index in [9.17, 15) is 4.79 Å². The van der Waals surface area contributed by atoms with Gasteiger partial charge in [-0.15, -0.1) is 0 Å². The lowest BCUT2D eigenvalue weighted by Crippen LogP contribution is -2.28. The number of hydrogen-bond donors (Lipinski definition) is 0. The van der Waals surface area contributed by atoms with Crippen molar-refractivity contribution in [1.29, 1.82) is 0 Å². The fourth-order valence-electron chi connectivity index (χ4n) is 2.48. The maximum Gasteiger partial charge on any atom is 0.343 e. The molecule has 4 heteroatoms. The van der Waals surface area contributed by atoms with Crippen LogP contribution in [0.5, 0.6) is 5.75 Å². The number of aromatic nitrogens is 1. The number of carbonyl (C=O) groups excluding carboxylic acids is 1. The number of methoxy groups -OCH3 is 1. The third-order valence-corrected chi connectivity index (χ3v) is 3.70. The van der Waals surface area contributed by atoms with Crippen molar-refractivity contribution < 1.29 is 14.3 Å². The lowest BCUT2D eigenvalue weighted by molar-refractivity contribution is -0.142. The quantitative estimate of drug-likeness (QED) is 0.764. The van der Waals surface area contributed by atoms with Crippen LogP contribution >= 0.6 is 0 Å². The third-order valence-electron chi connectivity index (χ3n) is 3.70. The Hall–Kier alpha value is -2.75. The van der Waals surface area contributed by atoms with Gasteiger partial charge in [-0.1, -0.05) is 30.9 Å². The predicted octanol–water partition coefficient (Wildman–Crippen LogP) is 2.16. The fourth-order valence-corrected chi connectivity index (χ4v) is 2.48. The monoisotopic (exact) mass is 325 g/mol. The van der Waals surface area contributed by atoms with Gasteiger partial charge < -0.3 is 14.0 Å². The van der Waals surface area contributed by atoms with Crippen LogP contribution in [0, 0.1) is 6.92 Å². The van der Waals surface area contributed by atoms with E-state index in [4.69, 9.17) is 4.74 Å². The van der Waals surface area contributed by atoms with Gasteiger partial charge in [0.25, 0.3) is 0 Å². The summed E-state index contributed by atoms with van der Waals surface area (Å²) in [5, 5.41) is 2.09. The molecule has 0 unspecified atom stereocenters. The molecule has 24 heavy (non-hydrogen) atoms. The summed E-state index contributed by atoms with van der Waals surface area (Å²) in [5.41, 5.74) is 2.24. The number of hydrogen-bond acceptors (Lipinski definition) is 3. The number of rotatable bonds is 6. The molecule has 0 aliphatic heterocycles.